The summed E-state index contributed by atoms with van der Waals surface area (Å²) in [5.74, 6) is 1.80. The number of thiophene rings is 1. The van der Waals surface area contributed by atoms with Crippen LogP contribution in [0.5, 0.6) is 0 Å². The van der Waals surface area contributed by atoms with Crippen molar-refractivity contribution in [1.82, 2.24) is 15.0 Å². The molecule has 0 amide bonds. The summed E-state index contributed by atoms with van der Waals surface area (Å²) in [6.07, 6.45) is 0. The molecular weight excluding hydrogens is 703 g/mol. The van der Waals surface area contributed by atoms with Crippen LogP contribution in [0.2, 0.25) is 0 Å². The van der Waals surface area contributed by atoms with E-state index < -0.39 is 0 Å². The van der Waals surface area contributed by atoms with Crippen molar-refractivity contribution in [3.63, 3.8) is 0 Å². The minimum atomic E-state index is 0.578. The normalized spacial score (nSPS) is 11.6. The first-order chi connectivity index (χ1) is 27.7. The van der Waals surface area contributed by atoms with Gasteiger partial charge in [-0.25, -0.2) is 15.0 Å². The second kappa shape index (κ2) is 13.3. The first-order valence-electron chi connectivity index (χ1n) is 18.7. The van der Waals surface area contributed by atoms with Crippen molar-refractivity contribution >= 4 is 53.4 Å². The Bertz CT molecular complexity index is 3230. The van der Waals surface area contributed by atoms with E-state index in [1.54, 1.807) is 0 Å². The maximum Gasteiger partial charge on any atom is 0.164 e. The molecule has 0 radical (unpaired) electrons. The molecule has 0 aliphatic heterocycles. The maximum absolute atomic E-state index is 6.67. The molecule has 0 bridgehead atoms. The van der Waals surface area contributed by atoms with Gasteiger partial charge in [0.2, 0.25) is 0 Å². The highest BCUT2D eigenvalue weighted by Crippen LogP contribution is 2.48. The molecule has 0 atom stereocenters. The molecule has 11 aromatic rings. The number of para-hydroxylation sites is 1. The Kier molecular flexibility index (Phi) is 7.64. The Morgan fingerprint density at radius 2 is 0.893 bits per heavy atom. The Balaban J connectivity index is 1.17. The first-order valence-corrected chi connectivity index (χ1v) is 19.5. The lowest BCUT2D eigenvalue weighted by Crippen LogP contribution is -2.00. The van der Waals surface area contributed by atoms with E-state index in [9.17, 15) is 0 Å². The van der Waals surface area contributed by atoms with Gasteiger partial charge in [0.1, 0.15) is 11.2 Å². The fourth-order valence-corrected chi connectivity index (χ4v) is 9.17. The van der Waals surface area contributed by atoms with Gasteiger partial charge in [-0.2, -0.15) is 0 Å². The van der Waals surface area contributed by atoms with Gasteiger partial charge in [0, 0.05) is 53.2 Å². The molecule has 0 N–H and O–H groups in total. The Morgan fingerprint density at radius 1 is 0.357 bits per heavy atom. The van der Waals surface area contributed by atoms with Crippen LogP contribution in [0.25, 0.3) is 110 Å². The standard InChI is InChI=1S/C51H31N3OS/c1-4-14-32(15-5-1)33-24-26-36(27-25-33)50-52-49(35-18-8-3-9-19-35)53-51(54-50)37-30-42(47-41-21-10-12-22-43(41)55-44(47)31-37)39-28-29-40-38-20-11-13-23-45(38)56-48(40)46(39)34-16-6-2-7-17-34/h1-31H. The van der Waals surface area contributed by atoms with E-state index in [0.717, 1.165) is 60.9 Å². The predicted octanol–water partition coefficient (Wildman–Crippen LogP) is 14.1. The lowest BCUT2D eigenvalue weighted by molar-refractivity contribution is 0.669. The summed E-state index contributed by atoms with van der Waals surface area (Å²) >= 11 is 1.85. The van der Waals surface area contributed by atoms with Crippen LogP contribution in [0.15, 0.2) is 192 Å². The second-order valence-electron chi connectivity index (χ2n) is 13.9. The zero-order chi connectivity index (χ0) is 37.0. The summed E-state index contributed by atoms with van der Waals surface area (Å²) < 4.78 is 9.20. The van der Waals surface area contributed by atoms with Crippen LogP contribution in [0.1, 0.15) is 0 Å². The number of hydrogen-bond acceptors (Lipinski definition) is 5. The quantitative estimate of drug-likeness (QED) is 0.171. The van der Waals surface area contributed by atoms with Crippen LogP contribution < -0.4 is 0 Å². The van der Waals surface area contributed by atoms with Crippen molar-refractivity contribution in [1.29, 1.82) is 0 Å². The molecule has 0 saturated heterocycles. The van der Waals surface area contributed by atoms with E-state index in [1.807, 2.05) is 59.9 Å². The molecule has 0 spiro atoms. The Morgan fingerprint density at radius 3 is 1.61 bits per heavy atom. The van der Waals surface area contributed by atoms with E-state index >= 15 is 0 Å². The van der Waals surface area contributed by atoms with E-state index in [2.05, 4.69) is 140 Å². The van der Waals surface area contributed by atoms with Gasteiger partial charge in [0.25, 0.3) is 0 Å². The van der Waals surface area contributed by atoms with Gasteiger partial charge in [-0.3, -0.25) is 0 Å². The number of benzene rings is 8. The smallest absolute Gasteiger partial charge is 0.164 e. The Labute approximate surface area is 327 Å². The van der Waals surface area contributed by atoms with E-state index in [-0.39, 0.29) is 0 Å². The van der Waals surface area contributed by atoms with Gasteiger partial charge in [0.05, 0.1) is 0 Å². The number of furan rings is 1. The maximum atomic E-state index is 6.67. The van der Waals surface area contributed by atoms with E-state index in [0.29, 0.717) is 17.5 Å². The summed E-state index contributed by atoms with van der Waals surface area (Å²) in [4.78, 5) is 15.4. The minimum Gasteiger partial charge on any atom is -0.456 e. The van der Waals surface area contributed by atoms with Crippen LogP contribution in [0.4, 0.5) is 0 Å². The zero-order valence-electron chi connectivity index (χ0n) is 30.1. The summed E-state index contributed by atoms with van der Waals surface area (Å²) in [6.45, 7) is 0. The fourth-order valence-electron chi connectivity index (χ4n) is 7.89. The van der Waals surface area contributed by atoms with Gasteiger partial charge in [-0.15, -0.1) is 11.3 Å². The number of aromatic nitrogens is 3. The molecule has 262 valence electrons. The summed E-state index contributed by atoms with van der Waals surface area (Å²) in [6, 6.07) is 65.6. The summed E-state index contributed by atoms with van der Waals surface area (Å²) in [5, 5.41) is 4.66. The van der Waals surface area contributed by atoms with Crippen molar-refractivity contribution < 1.29 is 4.42 Å². The van der Waals surface area contributed by atoms with Crippen molar-refractivity contribution in [2.75, 3.05) is 0 Å². The van der Waals surface area contributed by atoms with Gasteiger partial charge < -0.3 is 4.42 Å². The predicted molar refractivity (Wildman–Crippen MR) is 233 cm³/mol. The van der Waals surface area contributed by atoms with Gasteiger partial charge in [0.15, 0.2) is 17.5 Å². The molecule has 3 heterocycles. The molecule has 3 aromatic heterocycles. The fraction of sp³-hybridized carbons (Fsp3) is 0. The average Bonchev–Trinajstić information content (AvgIpc) is 3.85. The van der Waals surface area contributed by atoms with Crippen molar-refractivity contribution in [2.24, 2.45) is 0 Å². The third kappa shape index (κ3) is 5.48. The number of fused-ring (bicyclic) bond motifs is 6. The second-order valence-corrected chi connectivity index (χ2v) is 15.0. The molecular formula is C51H31N3OS. The average molecular weight is 734 g/mol. The molecule has 8 aromatic carbocycles. The largest absolute Gasteiger partial charge is 0.456 e. The topological polar surface area (TPSA) is 51.8 Å². The molecule has 11 rings (SSSR count). The summed E-state index contributed by atoms with van der Waals surface area (Å²) in [7, 11) is 0. The third-order valence-electron chi connectivity index (χ3n) is 10.6. The summed E-state index contributed by atoms with van der Waals surface area (Å²) in [5.41, 5.74) is 11.2. The van der Waals surface area contributed by atoms with Crippen LogP contribution in [0.3, 0.4) is 0 Å². The highest BCUT2D eigenvalue weighted by Gasteiger charge is 2.22. The van der Waals surface area contributed by atoms with Gasteiger partial charge in [-0.05, 0) is 52.1 Å². The zero-order valence-corrected chi connectivity index (χ0v) is 30.9. The van der Waals surface area contributed by atoms with E-state index in [4.69, 9.17) is 19.4 Å². The van der Waals surface area contributed by atoms with Gasteiger partial charge >= 0.3 is 0 Å². The van der Waals surface area contributed by atoms with E-state index in [1.165, 1.54) is 31.3 Å². The SMILES string of the molecule is c1ccc(-c2ccc(-c3nc(-c4ccccc4)nc(-c4cc(-c5ccc6c(sc7ccccc76)c5-c5ccccc5)c5c(c4)oc4ccccc45)n3)cc2)cc1. The van der Waals surface area contributed by atoms with Gasteiger partial charge in [-0.1, -0.05) is 164 Å². The molecule has 0 aliphatic carbocycles. The molecule has 5 heteroatoms. The third-order valence-corrected chi connectivity index (χ3v) is 11.8. The van der Waals surface area contributed by atoms with Crippen LogP contribution >= 0.6 is 11.3 Å². The molecule has 0 fully saturated rings. The molecule has 0 saturated carbocycles. The lowest BCUT2D eigenvalue weighted by Gasteiger charge is -2.15. The molecule has 0 unspecified atom stereocenters. The number of hydrogen-bond donors (Lipinski definition) is 0. The molecule has 0 aliphatic rings. The van der Waals surface area contributed by atoms with Crippen molar-refractivity contribution in [2.45, 2.75) is 0 Å². The minimum absolute atomic E-state index is 0.578. The molecule has 56 heavy (non-hydrogen) atoms. The monoisotopic (exact) mass is 733 g/mol. The van der Waals surface area contributed by atoms with Crippen LogP contribution in [-0.2, 0) is 0 Å². The highest BCUT2D eigenvalue weighted by molar-refractivity contribution is 7.26. The van der Waals surface area contributed by atoms with Crippen LogP contribution in [-0.4, -0.2) is 15.0 Å². The van der Waals surface area contributed by atoms with Crippen molar-refractivity contribution in [3.8, 4) is 67.5 Å². The first kappa shape index (κ1) is 32.2. The number of rotatable bonds is 6. The lowest BCUT2D eigenvalue weighted by atomic mass is 9.89. The molecule has 4 nitrogen and oxygen atoms in total. The highest BCUT2D eigenvalue weighted by atomic mass is 32.1. The Hall–Kier alpha value is -7.21. The van der Waals surface area contributed by atoms with Crippen molar-refractivity contribution in [3.05, 3.63) is 188 Å². The van der Waals surface area contributed by atoms with Crippen LogP contribution in [0, 0.1) is 0 Å². The number of nitrogens with zero attached hydrogens (tertiary/aromatic N) is 3.